The Kier molecular flexibility index (Phi) is 3.19. The number of aryl methyl sites for hydroxylation is 2. The number of imidazole rings is 1. The largest absolute Gasteiger partial charge is 0.392 e. The number of aliphatic hydroxyl groups is 1. The molecule has 2 aromatic heterocycles. The standard InChI is InChI=1S/C11H17N5O3/c1-6(17)5-12-10-13-8-7(14(10)2)9(18)16(4)11(19)15(8)3/h6,17H,5H2,1-4H3,(H,12,13). The van der Waals surface area contributed by atoms with E-state index in [1.165, 1.54) is 11.6 Å². The van der Waals surface area contributed by atoms with Crippen LogP contribution in [0.4, 0.5) is 5.95 Å². The highest BCUT2D eigenvalue weighted by Crippen LogP contribution is 2.12. The molecule has 2 heterocycles. The topological polar surface area (TPSA) is 94.1 Å². The lowest BCUT2D eigenvalue weighted by atomic mass is 10.4. The maximum atomic E-state index is 12.1. The Morgan fingerprint density at radius 1 is 1.21 bits per heavy atom. The fourth-order valence-corrected chi connectivity index (χ4v) is 1.92. The summed E-state index contributed by atoms with van der Waals surface area (Å²) in [5.74, 6) is 0.439. The fourth-order valence-electron chi connectivity index (χ4n) is 1.92. The molecule has 0 spiro atoms. The van der Waals surface area contributed by atoms with Gasteiger partial charge in [0.2, 0.25) is 5.95 Å². The summed E-state index contributed by atoms with van der Waals surface area (Å²) in [6, 6.07) is 0. The SMILES string of the molecule is CC(O)CNc1nc2c(c(=O)n(C)c(=O)n2C)n1C. The molecule has 0 aromatic carbocycles. The molecule has 104 valence electrons. The van der Waals surface area contributed by atoms with Crippen LogP contribution in [0, 0.1) is 0 Å². The third-order valence-electron chi connectivity index (χ3n) is 3.03. The van der Waals surface area contributed by atoms with Gasteiger partial charge < -0.3 is 15.0 Å². The highest BCUT2D eigenvalue weighted by Gasteiger charge is 2.16. The molecule has 0 aliphatic carbocycles. The summed E-state index contributed by atoms with van der Waals surface area (Å²) in [5.41, 5.74) is -0.141. The van der Waals surface area contributed by atoms with Crippen molar-refractivity contribution in [3.05, 3.63) is 20.8 Å². The maximum absolute atomic E-state index is 12.1. The van der Waals surface area contributed by atoms with Crippen molar-refractivity contribution in [2.75, 3.05) is 11.9 Å². The van der Waals surface area contributed by atoms with Gasteiger partial charge in [-0.15, -0.1) is 0 Å². The molecular formula is C11H17N5O3. The second-order valence-electron chi connectivity index (χ2n) is 4.60. The molecule has 8 nitrogen and oxygen atoms in total. The number of aliphatic hydroxyl groups excluding tert-OH is 1. The minimum atomic E-state index is -0.536. The lowest BCUT2D eigenvalue weighted by molar-refractivity contribution is 0.208. The number of nitrogens with zero attached hydrogens (tertiary/aromatic N) is 4. The van der Waals surface area contributed by atoms with Gasteiger partial charge in [0.15, 0.2) is 11.2 Å². The van der Waals surface area contributed by atoms with Crippen molar-refractivity contribution in [3.8, 4) is 0 Å². The van der Waals surface area contributed by atoms with Gasteiger partial charge in [-0.1, -0.05) is 0 Å². The summed E-state index contributed by atoms with van der Waals surface area (Å²) in [5, 5.41) is 12.2. The summed E-state index contributed by atoms with van der Waals surface area (Å²) in [4.78, 5) is 28.1. The van der Waals surface area contributed by atoms with Crippen LogP contribution < -0.4 is 16.6 Å². The Labute approximate surface area is 108 Å². The third-order valence-corrected chi connectivity index (χ3v) is 3.03. The van der Waals surface area contributed by atoms with Crippen LogP contribution in [0.3, 0.4) is 0 Å². The lowest BCUT2D eigenvalue weighted by Crippen LogP contribution is -2.37. The quantitative estimate of drug-likeness (QED) is 0.725. The van der Waals surface area contributed by atoms with Crippen molar-refractivity contribution in [2.45, 2.75) is 13.0 Å². The molecule has 2 N–H and O–H groups in total. The first-order valence-corrected chi connectivity index (χ1v) is 5.89. The third kappa shape index (κ3) is 2.03. The van der Waals surface area contributed by atoms with Crippen LogP contribution in [0.1, 0.15) is 6.92 Å². The van der Waals surface area contributed by atoms with Crippen LogP contribution >= 0.6 is 0 Å². The molecule has 0 saturated heterocycles. The minimum Gasteiger partial charge on any atom is -0.392 e. The molecule has 0 aliphatic heterocycles. The molecule has 0 saturated carbocycles. The minimum absolute atomic E-state index is 0.311. The summed E-state index contributed by atoms with van der Waals surface area (Å²) in [6.07, 6.45) is -0.536. The summed E-state index contributed by atoms with van der Waals surface area (Å²) < 4.78 is 3.95. The van der Waals surface area contributed by atoms with Gasteiger partial charge in [0.05, 0.1) is 6.10 Å². The van der Waals surface area contributed by atoms with E-state index in [9.17, 15) is 14.7 Å². The van der Waals surface area contributed by atoms with Gasteiger partial charge in [0, 0.05) is 27.7 Å². The van der Waals surface area contributed by atoms with Crippen LogP contribution in [0.2, 0.25) is 0 Å². The number of rotatable bonds is 3. The molecule has 0 amide bonds. The number of hydrogen-bond donors (Lipinski definition) is 2. The number of fused-ring (bicyclic) bond motifs is 1. The number of anilines is 1. The molecule has 0 fully saturated rings. The highest BCUT2D eigenvalue weighted by atomic mass is 16.3. The van der Waals surface area contributed by atoms with Crippen LogP contribution in [-0.2, 0) is 21.1 Å². The molecular weight excluding hydrogens is 250 g/mol. The monoisotopic (exact) mass is 267 g/mol. The van der Waals surface area contributed by atoms with Gasteiger partial charge in [0.25, 0.3) is 5.56 Å². The first-order chi connectivity index (χ1) is 8.84. The second kappa shape index (κ2) is 4.54. The smallest absolute Gasteiger partial charge is 0.332 e. The van der Waals surface area contributed by atoms with E-state index in [4.69, 9.17) is 0 Å². The average molecular weight is 267 g/mol. The molecule has 0 bridgehead atoms. The zero-order chi connectivity index (χ0) is 14.3. The Bertz CT molecular complexity index is 737. The van der Waals surface area contributed by atoms with E-state index >= 15 is 0 Å². The first-order valence-electron chi connectivity index (χ1n) is 5.89. The summed E-state index contributed by atoms with van der Waals surface area (Å²) in [7, 11) is 4.68. The zero-order valence-corrected chi connectivity index (χ0v) is 11.3. The second-order valence-corrected chi connectivity index (χ2v) is 4.60. The van der Waals surface area contributed by atoms with Crippen molar-refractivity contribution in [1.82, 2.24) is 18.7 Å². The lowest BCUT2D eigenvalue weighted by Gasteiger charge is -2.07. The van der Waals surface area contributed by atoms with Crippen molar-refractivity contribution >= 4 is 17.1 Å². The van der Waals surface area contributed by atoms with E-state index < -0.39 is 17.4 Å². The van der Waals surface area contributed by atoms with Gasteiger partial charge in [-0.05, 0) is 6.92 Å². The van der Waals surface area contributed by atoms with Crippen LogP contribution in [0.5, 0.6) is 0 Å². The fraction of sp³-hybridized carbons (Fsp3) is 0.545. The maximum Gasteiger partial charge on any atom is 0.332 e. The summed E-state index contributed by atoms with van der Waals surface area (Å²) >= 11 is 0. The first kappa shape index (κ1) is 13.3. The average Bonchev–Trinajstić information content (AvgIpc) is 2.69. The molecule has 19 heavy (non-hydrogen) atoms. The number of hydrogen-bond acceptors (Lipinski definition) is 5. The van der Waals surface area contributed by atoms with Crippen molar-refractivity contribution < 1.29 is 5.11 Å². The summed E-state index contributed by atoms with van der Waals surface area (Å²) in [6.45, 7) is 1.95. The van der Waals surface area contributed by atoms with Crippen molar-refractivity contribution in [2.24, 2.45) is 21.1 Å². The van der Waals surface area contributed by atoms with E-state index in [-0.39, 0.29) is 0 Å². The Hall–Kier alpha value is -2.09. The predicted octanol–water partition coefficient (Wildman–Crippen LogP) is -1.24. The van der Waals surface area contributed by atoms with Crippen LogP contribution in [0.25, 0.3) is 11.2 Å². The van der Waals surface area contributed by atoms with Crippen LogP contribution in [0.15, 0.2) is 9.59 Å². The van der Waals surface area contributed by atoms with Gasteiger partial charge in [-0.25, -0.2) is 4.79 Å². The number of aromatic nitrogens is 4. The Balaban J connectivity index is 2.70. The Morgan fingerprint density at radius 3 is 2.42 bits per heavy atom. The molecule has 8 heteroatoms. The van der Waals surface area contributed by atoms with Gasteiger partial charge >= 0.3 is 5.69 Å². The highest BCUT2D eigenvalue weighted by molar-refractivity contribution is 5.74. The van der Waals surface area contributed by atoms with Crippen molar-refractivity contribution in [1.29, 1.82) is 0 Å². The van der Waals surface area contributed by atoms with Gasteiger partial charge in [0.1, 0.15) is 0 Å². The molecule has 2 aromatic rings. The Morgan fingerprint density at radius 2 is 1.84 bits per heavy atom. The van der Waals surface area contributed by atoms with E-state index in [0.29, 0.717) is 23.7 Å². The van der Waals surface area contributed by atoms with Crippen LogP contribution in [-0.4, -0.2) is 36.4 Å². The predicted molar refractivity (Wildman–Crippen MR) is 71.4 cm³/mol. The molecule has 1 unspecified atom stereocenters. The zero-order valence-electron chi connectivity index (χ0n) is 11.3. The van der Waals surface area contributed by atoms with Crippen molar-refractivity contribution in [3.63, 3.8) is 0 Å². The van der Waals surface area contributed by atoms with Gasteiger partial charge in [-0.2, -0.15) is 4.98 Å². The molecule has 0 radical (unpaired) electrons. The van der Waals surface area contributed by atoms with E-state index in [1.54, 1.807) is 25.6 Å². The van der Waals surface area contributed by atoms with E-state index in [0.717, 1.165) is 4.57 Å². The van der Waals surface area contributed by atoms with E-state index in [1.807, 2.05) is 0 Å². The van der Waals surface area contributed by atoms with E-state index in [2.05, 4.69) is 10.3 Å². The number of nitrogens with one attached hydrogen (secondary N) is 1. The molecule has 1 atom stereocenters. The molecule has 0 aliphatic rings. The van der Waals surface area contributed by atoms with Gasteiger partial charge in [-0.3, -0.25) is 13.9 Å². The molecule has 2 rings (SSSR count). The normalized spacial score (nSPS) is 12.9.